The molecule has 2 rings (SSSR count). The molecule has 1 aromatic carbocycles. The largest absolute Gasteiger partial charge is 0.496 e. The van der Waals surface area contributed by atoms with Crippen LogP contribution in [0.25, 0.3) is 16.5 Å². The lowest BCUT2D eigenvalue weighted by molar-refractivity contribution is -0.116. The molecule has 0 aliphatic heterocycles. The van der Waals surface area contributed by atoms with E-state index in [0.717, 1.165) is 34.2 Å². The first-order valence-electron chi connectivity index (χ1n) is 7.59. The maximum Gasteiger partial charge on any atom is 0.244 e. The maximum absolute atomic E-state index is 12.0. The molecule has 1 N–H and O–H groups in total. The average molecular weight is 316 g/mol. The zero-order valence-corrected chi connectivity index (χ0v) is 14.4. The smallest absolute Gasteiger partial charge is 0.244 e. The average Bonchev–Trinajstić information content (AvgIpc) is 2.86. The number of ether oxygens (including phenoxy) is 1. The molecule has 23 heavy (non-hydrogen) atoms. The summed E-state index contributed by atoms with van der Waals surface area (Å²) in [6, 6.07) is 3.87. The number of nitrogens with one attached hydrogen (secondary N) is 1. The zero-order chi connectivity index (χ0) is 17.0. The van der Waals surface area contributed by atoms with Crippen molar-refractivity contribution in [2.24, 2.45) is 0 Å². The van der Waals surface area contributed by atoms with Crippen molar-refractivity contribution >= 4 is 22.4 Å². The van der Waals surface area contributed by atoms with Gasteiger partial charge in [-0.2, -0.15) is 0 Å². The number of rotatable bonds is 6. The number of amides is 1. The molecule has 0 saturated carbocycles. The second-order valence-corrected chi connectivity index (χ2v) is 5.89. The lowest BCUT2D eigenvalue weighted by Crippen LogP contribution is -2.30. The highest BCUT2D eigenvalue weighted by atomic mass is 16.5. The lowest BCUT2D eigenvalue weighted by Gasteiger charge is -2.11. The molecule has 124 valence electrons. The summed E-state index contributed by atoms with van der Waals surface area (Å²) in [5.74, 6) is 0.595. The van der Waals surface area contributed by atoms with Crippen LogP contribution in [0.2, 0.25) is 0 Å². The summed E-state index contributed by atoms with van der Waals surface area (Å²) in [6.45, 7) is 5.33. The Kier molecular flexibility index (Phi) is 5.45. The van der Waals surface area contributed by atoms with Gasteiger partial charge in [-0.15, -0.1) is 0 Å². The molecule has 0 saturated heterocycles. The number of hydrogen-bond donors (Lipinski definition) is 1. The number of hydrogen-bond acceptors (Lipinski definition) is 4. The van der Waals surface area contributed by atoms with Crippen molar-refractivity contribution in [2.75, 3.05) is 34.3 Å². The van der Waals surface area contributed by atoms with Gasteiger partial charge in [0.2, 0.25) is 5.91 Å². The van der Waals surface area contributed by atoms with E-state index >= 15 is 0 Å². The van der Waals surface area contributed by atoms with Crippen LogP contribution in [0.3, 0.4) is 0 Å². The quantitative estimate of drug-likeness (QED) is 0.833. The fourth-order valence-corrected chi connectivity index (χ4v) is 2.39. The highest BCUT2D eigenvalue weighted by Crippen LogP contribution is 2.33. The molecule has 1 heterocycles. The van der Waals surface area contributed by atoms with E-state index in [1.807, 2.05) is 45.0 Å². The third-order valence-electron chi connectivity index (χ3n) is 3.72. The van der Waals surface area contributed by atoms with Crippen molar-refractivity contribution in [1.29, 1.82) is 0 Å². The molecule has 5 heteroatoms. The predicted octanol–water partition coefficient (Wildman–Crippen LogP) is 2.83. The van der Waals surface area contributed by atoms with Gasteiger partial charge in [0, 0.05) is 36.2 Å². The Morgan fingerprint density at radius 3 is 2.78 bits per heavy atom. The molecule has 0 aliphatic carbocycles. The SMILES string of the molecule is COc1cc2occ(C)c2cc1/C(C)=C/C(=O)NCCN(C)C. The van der Waals surface area contributed by atoms with E-state index in [0.29, 0.717) is 12.3 Å². The van der Waals surface area contributed by atoms with Gasteiger partial charge in [-0.25, -0.2) is 0 Å². The number of methoxy groups -OCH3 is 1. The molecule has 5 nitrogen and oxygen atoms in total. The lowest BCUT2D eigenvalue weighted by atomic mass is 10.0. The van der Waals surface area contributed by atoms with E-state index in [2.05, 4.69) is 5.32 Å². The predicted molar refractivity (Wildman–Crippen MR) is 92.7 cm³/mol. The van der Waals surface area contributed by atoms with E-state index in [1.54, 1.807) is 19.4 Å². The van der Waals surface area contributed by atoms with Gasteiger partial charge in [0.15, 0.2) is 0 Å². The number of carbonyl (C=O) groups excluding carboxylic acids is 1. The molecule has 0 radical (unpaired) electrons. The Balaban J connectivity index is 2.24. The molecule has 0 spiro atoms. The van der Waals surface area contributed by atoms with Gasteiger partial charge in [-0.1, -0.05) is 0 Å². The summed E-state index contributed by atoms with van der Waals surface area (Å²) in [5.41, 5.74) is 3.59. The van der Waals surface area contributed by atoms with E-state index in [9.17, 15) is 4.79 Å². The normalized spacial score (nSPS) is 12.0. The van der Waals surface area contributed by atoms with E-state index < -0.39 is 0 Å². The number of nitrogens with zero attached hydrogens (tertiary/aromatic N) is 1. The van der Waals surface area contributed by atoms with Crippen LogP contribution in [0.4, 0.5) is 0 Å². The summed E-state index contributed by atoms with van der Waals surface area (Å²) in [5, 5.41) is 3.91. The fourth-order valence-electron chi connectivity index (χ4n) is 2.39. The molecule has 1 amide bonds. The number of allylic oxidation sites excluding steroid dienone is 1. The van der Waals surface area contributed by atoms with E-state index in [-0.39, 0.29) is 5.91 Å². The topological polar surface area (TPSA) is 54.7 Å². The summed E-state index contributed by atoms with van der Waals surface area (Å²) in [4.78, 5) is 14.0. The monoisotopic (exact) mass is 316 g/mol. The number of carbonyl (C=O) groups is 1. The molecule has 0 fully saturated rings. The van der Waals surface area contributed by atoms with Crippen LogP contribution in [-0.2, 0) is 4.79 Å². The molecular weight excluding hydrogens is 292 g/mol. The van der Waals surface area contributed by atoms with Gasteiger partial charge in [0.05, 0.1) is 13.4 Å². The van der Waals surface area contributed by atoms with Crippen molar-refractivity contribution in [2.45, 2.75) is 13.8 Å². The second-order valence-electron chi connectivity index (χ2n) is 5.89. The number of aryl methyl sites for hydroxylation is 1. The number of furan rings is 1. The van der Waals surface area contributed by atoms with E-state index in [1.165, 1.54) is 0 Å². The summed E-state index contributed by atoms with van der Waals surface area (Å²) < 4.78 is 10.9. The fraction of sp³-hybridized carbons (Fsp3) is 0.389. The van der Waals surface area contributed by atoms with Gasteiger partial charge in [0.1, 0.15) is 11.3 Å². The molecule has 2 aromatic rings. The van der Waals surface area contributed by atoms with Gasteiger partial charge in [0.25, 0.3) is 0 Å². The molecule has 1 aromatic heterocycles. The number of fused-ring (bicyclic) bond motifs is 1. The van der Waals surface area contributed by atoms with Crippen LogP contribution in [0.1, 0.15) is 18.1 Å². The van der Waals surface area contributed by atoms with Gasteiger partial charge in [-0.3, -0.25) is 4.79 Å². The highest BCUT2D eigenvalue weighted by molar-refractivity contribution is 5.97. The third kappa shape index (κ3) is 4.13. The first kappa shape index (κ1) is 17.1. The van der Waals surface area contributed by atoms with Crippen LogP contribution >= 0.6 is 0 Å². The Morgan fingerprint density at radius 1 is 1.39 bits per heavy atom. The minimum absolute atomic E-state index is 0.101. The van der Waals surface area contributed by atoms with Crippen LogP contribution in [0.15, 0.2) is 28.9 Å². The van der Waals surface area contributed by atoms with Gasteiger partial charge >= 0.3 is 0 Å². The minimum Gasteiger partial charge on any atom is -0.496 e. The first-order valence-corrected chi connectivity index (χ1v) is 7.59. The first-order chi connectivity index (χ1) is 10.9. The Bertz CT molecular complexity index is 729. The van der Waals surface area contributed by atoms with Crippen molar-refractivity contribution in [3.8, 4) is 5.75 Å². The molecule has 0 aliphatic rings. The summed E-state index contributed by atoms with van der Waals surface area (Å²) >= 11 is 0. The standard InChI is InChI=1S/C18H24N2O3/c1-12(8-18(21)19-6-7-20(3)4)14-9-15-13(2)11-23-17(15)10-16(14)22-5/h8-11H,6-7H2,1-5H3,(H,19,21)/b12-8+. The van der Waals surface area contributed by atoms with Crippen LogP contribution in [-0.4, -0.2) is 45.1 Å². The van der Waals surface area contributed by atoms with Crippen molar-refractivity contribution in [1.82, 2.24) is 10.2 Å². The van der Waals surface area contributed by atoms with Crippen LogP contribution in [0, 0.1) is 6.92 Å². The Labute approximate surface area is 136 Å². The van der Waals surface area contributed by atoms with E-state index in [4.69, 9.17) is 9.15 Å². The molecule has 0 atom stereocenters. The van der Waals surface area contributed by atoms with Crippen LogP contribution < -0.4 is 10.1 Å². The maximum atomic E-state index is 12.0. The third-order valence-corrected chi connectivity index (χ3v) is 3.72. The van der Waals surface area contributed by atoms with Crippen molar-refractivity contribution in [3.05, 3.63) is 35.6 Å². The van der Waals surface area contributed by atoms with Crippen molar-refractivity contribution in [3.63, 3.8) is 0 Å². The minimum atomic E-state index is -0.101. The zero-order valence-electron chi connectivity index (χ0n) is 14.4. The van der Waals surface area contributed by atoms with Gasteiger partial charge < -0.3 is 19.4 Å². The van der Waals surface area contributed by atoms with Crippen LogP contribution in [0.5, 0.6) is 5.75 Å². The molecule has 0 unspecified atom stereocenters. The Morgan fingerprint density at radius 2 is 2.13 bits per heavy atom. The van der Waals surface area contributed by atoms with Gasteiger partial charge in [-0.05, 0) is 45.1 Å². The summed E-state index contributed by atoms with van der Waals surface area (Å²) in [7, 11) is 5.56. The number of benzene rings is 1. The summed E-state index contributed by atoms with van der Waals surface area (Å²) in [6.07, 6.45) is 3.33. The Hall–Kier alpha value is -2.27. The molecule has 0 bridgehead atoms. The van der Waals surface area contributed by atoms with Crippen molar-refractivity contribution < 1.29 is 13.9 Å². The highest BCUT2D eigenvalue weighted by Gasteiger charge is 2.12. The molecular formula is C18H24N2O3. The number of likely N-dealkylation sites (N-methyl/N-ethyl adjacent to an activating group) is 1. The second kappa shape index (κ2) is 7.33.